The van der Waals surface area contributed by atoms with E-state index in [1.54, 1.807) is 24.3 Å². The minimum Gasteiger partial charge on any atom is -0.370 e. The number of aromatic nitrogens is 1. The van der Waals surface area contributed by atoms with Crippen LogP contribution in [0.3, 0.4) is 0 Å². The molecule has 0 aliphatic rings. The SMILES string of the molecule is CCC[C@@H](CC(N)=O)NC(=O)c1ncc(Cl)cc1-c1cccc(Cl)c1. The van der Waals surface area contributed by atoms with Crippen molar-refractivity contribution in [1.82, 2.24) is 10.3 Å². The number of benzene rings is 1. The largest absolute Gasteiger partial charge is 0.370 e. The Balaban J connectivity index is 2.34. The van der Waals surface area contributed by atoms with E-state index in [4.69, 9.17) is 28.9 Å². The molecule has 0 bridgehead atoms. The number of carbonyl (C=O) groups excluding carboxylic acids is 2. The van der Waals surface area contributed by atoms with E-state index in [0.717, 1.165) is 12.0 Å². The molecule has 2 rings (SSSR count). The lowest BCUT2D eigenvalue weighted by atomic mass is 10.0. The number of nitrogens with two attached hydrogens (primary N) is 1. The highest BCUT2D eigenvalue weighted by molar-refractivity contribution is 6.31. The van der Waals surface area contributed by atoms with Gasteiger partial charge in [0.15, 0.2) is 0 Å². The summed E-state index contributed by atoms with van der Waals surface area (Å²) in [6.07, 6.45) is 2.95. The number of halogens is 2. The summed E-state index contributed by atoms with van der Waals surface area (Å²) in [6, 6.07) is 8.42. The van der Waals surface area contributed by atoms with Gasteiger partial charge in [0.05, 0.1) is 5.02 Å². The molecule has 0 radical (unpaired) electrons. The van der Waals surface area contributed by atoms with Gasteiger partial charge in [-0.05, 0) is 30.2 Å². The number of carbonyl (C=O) groups is 2. The molecular formula is C18H19Cl2N3O2. The van der Waals surface area contributed by atoms with Crippen LogP contribution in [0.2, 0.25) is 10.0 Å². The molecular weight excluding hydrogens is 361 g/mol. The Morgan fingerprint density at radius 1 is 1.24 bits per heavy atom. The Morgan fingerprint density at radius 3 is 2.64 bits per heavy atom. The van der Waals surface area contributed by atoms with E-state index in [0.29, 0.717) is 22.0 Å². The van der Waals surface area contributed by atoms with Crippen LogP contribution in [0.15, 0.2) is 36.5 Å². The van der Waals surface area contributed by atoms with Crippen LogP contribution in [0.1, 0.15) is 36.7 Å². The average Bonchev–Trinajstić information content (AvgIpc) is 2.54. The normalized spacial score (nSPS) is 11.8. The van der Waals surface area contributed by atoms with E-state index in [2.05, 4.69) is 10.3 Å². The van der Waals surface area contributed by atoms with Crippen molar-refractivity contribution in [2.45, 2.75) is 32.2 Å². The van der Waals surface area contributed by atoms with Crippen molar-refractivity contribution in [3.63, 3.8) is 0 Å². The van der Waals surface area contributed by atoms with Crippen molar-refractivity contribution in [3.8, 4) is 11.1 Å². The third-order valence-electron chi connectivity index (χ3n) is 3.62. The summed E-state index contributed by atoms with van der Waals surface area (Å²) >= 11 is 12.1. The molecule has 2 amide bonds. The lowest BCUT2D eigenvalue weighted by Crippen LogP contribution is -2.38. The number of nitrogens with zero attached hydrogens (tertiary/aromatic N) is 1. The highest BCUT2D eigenvalue weighted by atomic mass is 35.5. The third kappa shape index (κ3) is 5.44. The van der Waals surface area contributed by atoms with E-state index in [-0.39, 0.29) is 24.1 Å². The fourth-order valence-corrected chi connectivity index (χ4v) is 2.91. The number of primary amides is 1. The van der Waals surface area contributed by atoms with Gasteiger partial charge in [0, 0.05) is 29.2 Å². The van der Waals surface area contributed by atoms with E-state index in [9.17, 15) is 9.59 Å². The first-order chi connectivity index (χ1) is 11.9. The Hall–Kier alpha value is -2.11. The minimum absolute atomic E-state index is 0.0830. The predicted octanol–water partition coefficient (Wildman–Crippen LogP) is 3.83. The molecule has 3 N–H and O–H groups in total. The highest BCUT2D eigenvalue weighted by Crippen LogP contribution is 2.27. The van der Waals surface area contributed by atoms with Crippen molar-refractivity contribution in [2.75, 3.05) is 0 Å². The van der Waals surface area contributed by atoms with Crippen molar-refractivity contribution >= 4 is 35.0 Å². The third-order valence-corrected chi connectivity index (χ3v) is 4.07. The predicted molar refractivity (Wildman–Crippen MR) is 99.7 cm³/mol. The fourth-order valence-electron chi connectivity index (χ4n) is 2.57. The number of rotatable bonds is 7. The smallest absolute Gasteiger partial charge is 0.270 e. The van der Waals surface area contributed by atoms with E-state index >= 15 is 0 Å². The summed E-state index contributed by atoms with van der Waals surface area (Å²) in [4.78, 5) is 28.1. The van der Waals surface area contributed by atoms with Gasteiger partial charge < -0.3 is 11.1 Å². The molecule has 2 aromatic rings. The van der Waals surface area contributed by atoms with Crippen molar-refractivity contribution in [1.29, 1.82) is 0 Å². The summed E-state index contributed by atoms with van der Waals surface area (Å²) in [5.74, 6) is -0.843. The van der Waals surface area contributed by atoms with Crippen LogP contribution in [-0.4, -0.2) is 22.8 Å². The zero-order chi connectivity index (χ0) is 18.4. The van der Waals surface area contributed by atoms with Crippen LogP contribution in [-0.2, 0) is 4.79 Å². The lowest BCUT2D eigenvalue weighted by molar-refractivity contribution is -0.118. The number of pyridine rings is 1. The highest BCUT2D eigenvalue weighted by Gasteiger charge is 2.20. The molecule has 132 valence electrons. The van der Waals surface area contributed by atoms with Crippen LogP contribution in [0.25, 0.3) is 11.1 Å². The van der Waals surface area contributed by atoms with Crippen LogP contribution in [0, 0.1) is 0 Å². The van der Waals surface area contributed by atoms with Gasteiger partial charge in [-0.2, -0.15) is 0 Å². The maximum Gasteiger partial charge on any atom is 0.270 e. The summed E-state index contributed by atoms with van der Waals surface area (Å²) in [5, 5.41) is 3.79. The molecule has 0 unspecified atom stereocenters. The Bertz CT molecular complexity index is 781. The van der Waals surface area contributed by atoms with Crippen LogP contribution < -0.4 is 11.1 Å². The molecule has 1 aromatic carbocycles. The van der Waals surface area contributed by atoms with Gasteiger partial charge in [-0.25, -0.2) is 4.98 Å². The fraction of sp³-hybridized carbons (Fsp3) is 0.278. The second kappa shape index (κ2) is 8.83. The summed E-state index contributed by atoms with van der Waals surface area (Å²) in [7, 11) is 0. The first-order valence-corrected chi connectivity index (χ1v) is 8.67. The van der Waals surface area contributed by atoms with Gasteiger partial charge in [0.1, 0.15) is 5.69 Å². The lowest BCUT2D eigenvalue weighted by Gasteiger charge is -2.17. The zero-order valence-electron chi connectivity index (χ0n) is 13.8. The van der Waals surface area contributed by atoms with Crippen LogP contribution in [0.5, 0.6) is 0 Å². The Kier molecular flexibility index (Phi) is 6.79. The quantitative estimate of drug-likeness (QED) is 0.766. The molecule has 25 heavy (non-hydrogen) atoms. The molecule has 0 spiro atoms. The number of hydrogen-bond donors (Lipinski definition) is 2. The van der Waals surface area contributed by atoms with Gasteiger partial charge in [-0.1, -0.05) is 48.7 Å². The van der Waals surface area contributed by atoms with Crippen molar-refractivity contribution in [3.05, 3.63) is 52.3 Å². The maximum atomic E-state index is 12.7. The summed E-state index contributed by atoms with van der Waals surface area (Å²) < 4.78 is 0. The molecule has 1 heterocycles. The molecule has 7 heteroatoms. The topological polar surface area (TPSA) is 85.1 Å². The zero-order valence-corrected chi connectivity index (χ0v) is 15.3. The second-order valence-electron chi connectivity index (χ2n) is 5.69. The van der Waals surface area contributed by atoms with Gasteiger partial charge in [-0.3, -0.25) is 9.59 Å². The van der Waals surface area contributed by atoms with Gasteiger partial charge in [0.2, 0.25) is 5.91 Å². The molecule has 1 aromatic heterocycles. The molecule has 0 aliphatic carbocycles. The minimum atomic E-state index is -0.460. The first kappa shape index (κ1) is 19.2. The Labute approximate surface area is 156 Å². The molecule has 0 saturated carbocycles. The van der Waals surface area contributed by atoms with Gasteiger partial charge >= 0.3 is 0 Å². The number of nitrogens with one attached hydrogen (secondary N) is 1. The summed E-state index contributed by atoms with van der Waals surface area (Å²) in [5.41, 5.74) is 6.78. The molecule has 0 fully saturated rings. The van der Waals surface area contributed by atoms with Gasteiger partial charge in [-0.15, -0.1) is 0 Å². The monoisotopic (exact) mass is 379 g/mol. The standard InChI is InChI=1S/C18H19Cl2N3O2/c1-2-4-14(9-16(21)24)23-18(25)17-15(8-13(20)10-22-17)11-5-3-6-12(19)7-11/h3,5-8,10,14H,2,4,9H2,1H3,(H2,21,24)(H,23,25)/t14-/m0/s1. The van der Waals surface area contributed by atoms with Crippen LogP contribution >= 0.6 is 23.2 Å². The van der Waals surface area contributed by atoms with Crippen molar-refractivity contribution in [2.24, 2.45) is 5.73 Å². The van der Waals surface area contributed by atoms with E-state index in [1.165, 1.54) is 6.20 Å². The van der Waals surface area contributed by atoms with E-state index in [1.807, 2.05) is 13.0 Å². The molecule has 1 atom stereocenters. The van der Waals surface area contributed by atoms with Gasteiger partial charge in [0.25, 0.3) is 5.91 Å². The molecule has 5 nitrogen and oxygen atoms in total. The molecule has 0 aliphatic heterocycles. The van der Waals surface area contributed by atoms with Crippen molar-refractivity contribution < 1.29 is 9.59 Å². The first-order valence-electron chi connectivity index (χ1n) is 7.91. The Morgan fingerprint density at radius 2 is 2.00 bits per heavy atom. The second-order valence-corrected chi connectivity index (χ2v) is 6.56. The van der Waals surface area contributed by atoms with Crippen LogP contribution in [0.4, 0.5) is 0 Å². The number of amides is 2. The summed E-state index contributed by atoms with van der Waals surface area (Å²) in [6.45, 7) is 1.97. The number of hydrogen-bond acceptors (Lipinski definition) is 3. The average molecular weight is 380 g/mol. The molecule has 0 saturated heterocycles. The van der Waals surface area contributed by atoms with E-state index < -0.39 is 5.91 Å². The maximum absolute atomic E-state index is 12.7.